The summed E-state index contributed by atoms with van der Waals surface area (Å²) in [5.74, 6) is -2.44. The summed E-state index contributed by atoms with van der Waals surface area (Å²) in [6.07, 6.45) is 0. The summed E-state index contributed by atoms with van der Waals surface area (Å²) in [6, 6.07) is 8.51. The first-order chi connectivity index (χ1) is 20.9. The van der Waals surface area contributed by atoms with Crippen LogP contribution >= 0.6 is 11.6 Å². The molecule has 0 saturated carbocycles. The molecule has 0 unspecified atom stereocenters. The molecule has 234 valence electrons. The van der Waals surface area contributed by atoms with Crippen LogP contribution in [0.4, 0.5) is 29.0 Å². The average Bonchev–Trinajstić information content (AvgIpc) is 2.90. The number of anilines is 3. The molecule has 8 N–H and O–H groups in total. The Kier molecular flexibility index (Phi) is 7.73. The summed E-state index contributed by atoms with van der Waals surface area (Å²) < 4.78 is 102. The number of aromatic nitrogens is 3. The van der Waals surface area contributed by atoms with Gasteiger partial charge in [-0.15, -0.1) is 10.2 Å². The highest BCUT2D eigenvalue weighted by Crippen LogP contribution is 2.47. The Balaban J connectivity index is 1.79. The van der Waals surface area contributed by atoms with Crippen LogP contribution in [0, 0.1) is 0 Å². The number of hydrogen-bond donors (Lipinski definition) is 7. The van der Waals surface area contributed by atoms with Crippen LogP contribution in [0.25, 0.3) is 21.5 Å². The molecule has 5 rings (SSSR count). The van der Waals surface area contributed by atoms with E-state index in [9.17, 15) is 49.1 Å². The minimum atomic E-state index is -5.15. The second-order valence-corrected chi connectivity index (χ2v) is 13.4. The first-order valence-corrected chi connectivity index (χ1v) is 16.4. The average molecular weight is 698 g/mol. The van der Waals surface area contributed by atoms with E-state index in [4.69, 9.17) is 17.3 Å². The number of nitrogens with two attached hydrogens (primary N) is 1. The molecule has 1 aromatic heterocycles. The summed E-state index contributed by atoms with van der Waals surface area (Å²) in [7, 11) is -15.4. The Labute approximate surface area is 257 Å². The molecule has 1 heterocycles. The van der Waals surface area contributed by atoms with E-state index < -0.39 is 78.7 Å². The third-order valence-electron chi connectivity index (χ3n) is 6.08. The molecule has 0 aliphatic heterocycles. The van der Waals surface area contributed by atoms with E-state index in [2.05, 4.69) is 30.5 Å². The lowest BCUT2D eigenvalue weighted by Crippen LogP contribution is -2.04. The monoisotopic (exact) mass is 697 g/mol. The van der Waals surface area contributed by atoms with E-state index in [0.717, 1.165) is 24.3 Å². The number of nitrogens with zero attached hydrogens (tertiary/aromatic N) is 5. The first kappa shape index (κ1) is 31.6. The molecule has 0 aliphatic carbocycles. The van der Waals surface area contributed by atoms with Gasteiger partial charge < -0.3 is 21.3 Å². The van der Waals surface area contributed by atoms with Crippen LogP contribution in [0.5, 0.6) is 11.5 Å². The molecule has 0 aliphatic rings. The van der Waals surface area contributed by atoms with E-state index in [1.54, 1.807) is 0 Å². The maximum atomic E-state index is 12.3. The van der Waals surface area contributed by atoms with E-state index >= 15 is 0 Å². The third-order valence-corrected chi connectivity index (χ3v) is 8.91. The van der Waals surface area contributed by atoms with E-state index in [0.29, 0.717) is 6.07 Å². The molecule has 0 fully saturated rings. The predicted molar refractivity (Wildman–Crippen MR) is 157 cm³/mol. The summed E-state index contributed by atoms with van der Waals surface area (Å²) in [5.41, 5.74) is 3.82. The van der Waals surface area contributed by atoms with Crippen molar-refractivity contribution in [3.05, 3.63) is 53.8 Å². The van der Waals surface area contributed by atoms with Gasteiger partial charge in [-0.25, -0.2) is 0 Å². The van der Waals surface area contributed by atoms with Crippen molar-refractivity contribution in [2.24, 2.45) is 10.2 Å². The molecular weight excluding hydrogens is 682 g/mol. The lowest BCUT2D eigenvalue weighted by molar-refractivity contribution is 0.471. The molecule has 5 aromatic rings. The van der Waals surface area contributed by atoms with Crippen molar-refractivity contribution in [3.63, 3.8) is 0 Å². The normalized spacial score (nSPS) is 12.7. The van der Waals surface area contributed by atoms with Crippen molar-refractivity contribution in [2.75, 3.05) is 11.1 Å². The number of nitrogen functional groups attached to an aromatic ring is 1. The smallest absolute Gasteiger partial charge is 0.296 e. The van der Waals surface area contributed by atoms with E-state index in [-0.39, 0.29) is 33.6 Å². The Morgan fingerprint density at radius 3 is 2.00 bits per heavy atom. The highest BCUT2D eigenvalue weighted by molar-refractivity contribution is 7.86. The quantitative estimate of drug-likeness (QED) is 0.0940. The fourth-order valence-corrected chi connectivity index (χ4v) is 6.57. The Morgan fingerprint density at radius 2 is 1.38 bits per heavy atom. The summed E-state index contributed by atoms with van der Waals surface area (Å²) in [5, 5.41) is 30.4. The van der Waals surface area contributed by atoms with Crippen LogP contribution in [0.15, 0.2) is 73.4 Å². The van der Waals surface area contributed by atoms with Crippen molar-refractivity contribution < 1.29 is 49.1 Å². The van der Waals surface area contributed by atoms with Crippen LogP contribution in [0.3, 0.4) is 0 Å². The van der Waals surface area contributed by atoms with Crippen molar-refractivity contribution in [3.8, 4) is 11.5 Å². The van der Waals surface area contributed by atoms with Gasteiger partial charge in [0, 0.05) is 16.2 Å². The zero-order valence-corrected chi connectivity index (χ0v) is 24.9. The van der Waals surface area contributed by atoms with Crippen LogP contribution in [0.1, 0.15) is 0 Å². The molecule has 22 heteroatoms. The van der Waals surface area contributed by atoms with Crippen LogP contribution in [-0.2, 0) is 30.4 Å². The summed E-state index contributed by atoms with van der Waals surface area (Å²) in [4.78, 5) is 8.37. The standard InChI is InChI=1S/C23H16ClN7O11S3/c24-21-27-22(25)29-23(28-21)26-11-5-1-3-9-7-15(45(40,41)42)18(20(33)16(9)11)31-30-12-8-14(44(37,38)39)10-4-2-6-13(43(34,35)36)17(10)19(12)32/h1-8,32-33H,(H,34,35,36)(H,37,38,39)(H,40,41,42)(H3,25,26,27,28,29). The molecule has 0 atom stereocenters. The number of aromatic hydroxyl groups is 2. The number of phenolic OH excluding ortho intramolecular Hbond substituents is 2. The lowest BCUT2D eigenvalue weighted by Gasteiger charge is -2.14. The Morgan fingerprint density at radius 1 is 0.733 bits per heavy atom. The number of rotatable bonds is 7. The lowest BCUT2D eigenvalue weighted by atomic mass is 10.1. The van der Waals surface area contributed by atoms with Crippen molar-refractivity contribution in [1.82, 2.24) is 15.0 Å². The maximum Gasteiger partial charge on any atom is 0.296 e. The molecule has 18 nitrogen and oxygen atoms in total. The Hall–Kier alpha value is -4.77. The van der Waals surface area contributed by atoms with Crippen LogP contribution in [0.2, 0.25) is 5.28 Å². The molecular formula is C23H16ClN7O11S3. The second-order valence-electron chi connectivity index (χ2n) is 8.93. The molecule has 0 bridgehead atoms. The number of azo groups is 1. The molecule has 0 amide bonds. The minimum absolute atomic E-state index is 0.0252. The number of benzene rings is 4. The van der Waals surface area contributed by atoms with Crippen molar-refractivity contribution in [1.29, 1.82) is 0 Å². The number of hydrogen-bond acceptors (Lipinski definition) is 15. The number of nitrogens with one attached hydrogen (secondary N) is 1. The largest absolute Gasteiger partial charge is 0.505 e. The first-order valence-electron chi connectivity index (χ1n) is 11.7. The fraction of sp³-hybridized carbons (Fsp3) is 0. The molecule has 0 spiro atoms. The van der Waals surface area contributed by atoms with E-state index in [1.807, 2.05) is 0 Å². The van der Waals surface area contributed by atoms with Gasteiger partial charge in [-0.1, -0.05) is 24.3 Å². The fourth-order valence-electron chi connectivity index (χ4n) is 4.33. The third kappa shape index (κ3) is 6.12. The summed E-state index contributed by atoms with van der Waals surface area (Å²) >= 11 is 5.81. The summed E-state index contributed by atoms with van der Waals surface area (Å²) in [6.45, 7) is 0. The Bertz CT molecular complexity index is 2420. The number of phenols is 2. The van der Waals surface area contributed by atoms with Gasteiger partial charge in [0.05, 0.1) is 5.69 Å². The number of halogens is 1. The SMILES string of the molecule is Nc1nc(Cl)nc(Nc2cccc3cc(S(=O)(=O)O)c(N=Nc4cc(S(=O)(=O)O)c5cccc(S(=O)(=O)O)c5c4O)c(O)c23)n1. The van der Waals surface area contributed by atoms with Gasteiger partial charge in [-0.05, 0) is 41.3 Å². The highest BCUT2D eigenvalue weighted by atomic mass is 35.5. The van der Waals surface area contributed by atoms with Gasteiger partial charge >= 0.3 is 0 Å². The molecule has 0 radical (unpaired) electrons. The number of fused-ring (bicyclic) bond motifs is 2. The minimum Gasteiger partial charge on any atom is -0.505 e. The second kappa shape index (κ2) is 11.0. The topological polar surface area (TPSA) is 305 Å². The van der Waals surface area contributed by atoms with Crippen LogP contribution < -0.4 is 11.1 Å². The van der Waals surface area contributed by atoms with Crippen molar-refractivity contribution >= 4 is 92.5 Å². The van der Waals surface area contributed by atoms with Crippen molar-refractivity contribution in [2.45, 2.75) is 14.7 Å². The zero-order valence-electron chi connectivity index (χ0n) is 21.7. The molecule has 45 heavy (non-hydrogen) atoms. The van der Waals surface area contributed by atoms with Gasteiger partial charge in [0.2, 0.25) is 17.2 Å². The van der Waals surface area contributed by atoms with Gasteiger partial charge in [0.15, 0.2) is 11.5 Å². The van der Waals surface area contributed by atoms with Crippen LogP contribution in [-0.4, -0.2) is 64.1 Å². The molecule has 4 aromatic carbocycles. The molecule has 0 saturated heterocycles. The van der Waals surface area contributed by atoms with Gasteiger partial charge in [0.1, 0.15) is 26.1 Å². The zero-order chi connectivity index (χ0) is 33.1. The van der Waals surface area contributed by atoms with Gasteiger partial charge in [0.25, 0.3) is 30.4 Å². The predicted octanol–water partition coefficient (Wildman–Crippen LogP) is 3.72. The maximum absolute atomic E-state index is 12.3. The van der Waals surface area contributed by atoms with E-state index in [1.165, 1.54) is 18.2 Å². The van der Waals surface area contributed by atoms with Gasteiger partial charge in [-0.3, -0.25) is 13.7 Å². The van der Waals surface area contributed by atoms with Gasteiger partial charge in [-0.2, -0.15) is 40.2 Å². The highest BCUT2D eigenvalue weighted by Gasteiger charge is 2.27.